The fraction of sp³-hybridized carbons (Fsp3) is 0.364. The molecule has 0 radical (unpaired) electrons. The van der Waals surface area contributed by atoms with Gasteiger partial charge in [0.2, 0.25) is 5.91 Å². The molecule has 0 atom stereocenters. The lowest BCUT2D eigenvalue weighted by molar-refractivity contribution is -0.132. The minimum absolute atomic E-state index is 0.0349. The minimum Gasteiger partial charge on any atom is -0.335 e. The predicted octanol–water partition coefficient (Wildman–Crippen LogP) is 2.45. The zero-order valence-corrected chi connectivity index (χ0v) is 19.1. The molecular weight excluding hydrogens is 438 g/mol. The number of halogens is 2. The second kappa shape index (κ2) is 9.74. The molecule has 0 saturated heterocycles. The van der Waals surface area contributed by atoms with Gasteiger partial charge in [0.05, 0.1) is 11.0 Å². The Morgan fingerprint density at radius 2 is 1.81 bits per heavy atom. The lowest BCUT2D eigenvalue weighted by Crippen LogP contribution is -2.38. The van der Waals surface area contributed by atoms with Gasteiger partial charge in [-0.3, -0.25) is 4.79 Å². The first-order valence-corrected chi connectivity index (χ1v) is 12.1. The number of para-hydroxylation sites is 2. The summed E-state index contributed by atoms with van der Waals surface area (Å²) < 4.78 is 52.9. The van der Waals surface area contributed by atoms with Gasteiger partial charge in [-0.1, -0.05) is 18.2 Å². The van der Waals surface area contributed by atoms with E-state index in [1.807, 2.05) is 19.0 Å². The highest BCUT2D eigenvalue weighted by molar-refractivity contribution is 7.89. The van der Waals surface area contributed by atoms with Crippen LogP contribution in [0.25, 0.3) is 11.0 Å². The molecule has 3 aromatic rings. The highest BCUT2D eigenvalue weighted by Crippen LogP contribution is 2.19. The number of amides is 1. The number of imidazole rings is 1. The van der Waals surface area contributed by atoms with Gasteiger partial charge < -0.3 is 14.4 Å². The molecule has 0 fully saturated rings. The van der Waals surface area contributed by atoms with E-state index in [4.69, 9.17) is 0 Å². The van der Waals surface area contributed by atoms with Gasteiger partial charge in [-0.05, 0) is 32.3 Å². The average Bonchev–Trinajstić information content (AvgIpc) is 3.01. The van der Waals surface area contributed by atoms with Crippen LogP contribution in [0.3, 0.4) is 0 Å². The van der Waals surface area contributed by atoms with Crippen LogP contribution in [0, 0.1) is 11.6 Å². The van der Waals surface area contributed by atoms with E-state index in [9.17, 15) is 22.0 Å². The highest BCUT2D eigenvalue weighted by atomic mass is 32.2. The zero-order chi connectivity index (χ0) is 23.5. The molecule has 1 aromatic heterocycles. The van der Waals surface area contributed by atoms with Gasteiger partial charge in [-0.15, -0.1) is 0 Å². The topological polar surface area (TPSA) is 75.5 Å². The van der Waals surface area contributed by atoms with Crippen LogP contribution in [0.2, 0.25) is 0 Å². The Labute approximate surface area is 186 Å². The molecule has 1 heterocycles. The van der Waals surface area contributed by atoms with Crippen molar-refractivity contribution in [3.8, 4) is 0 Å². The summed E-state index contributed by atoms with van der Waals surface area (Å²) >= 11 is 0. The number of rotatable bonds is 9. The molecule has 10 heteroatoms. The summed E-state index contributed by atoms with van der Waals surface area (Å²) in [5.74, 6) is -1.78. The summed E-state index contributed by atoms with van der Waals surface area (Å²) in [7, 11) is 0.329. The van der Waals surface area contributed by atoms with Crippen molar-refractivity contribution in [2.45, 2.75) is 18.8 Å². The molecule has 0 spiro atoms. The number of fused-ring (bicyclic) bond motifs is 1. The van der Waals surface area contributed by atoms with Crippen molar-refractivity contribution >= 4 is 26.8 Å². The highest BCUT2D eigenvalue weighted by Gasteiger charge is 2.21. The molecule has 2 aromatic carbocycles. The summed E-state index contributed by atoms with van der Waals surface area (Å²) in [4.78, 5) is 21.0. The van der Waals surface area contributed by atoms with Gasteiger partial charge in [-0.25, -0.2) is 22.2 Å². The Bertz CT molecular complexity index is 1230. The summed E-state index contributed by atoms with van der Waals surface area (Å²) in [6.07, 6.45) is 1.11. The molecule has 0 aliphatic rings. The normalized spacial score (nSPS) is 11.9. The largest absolute Gasteiger partial charge is 0.335 e. The molecular formula is C22H26F2N4O3S. The number of carbonyl (C=O) groups excluding carboxylic acids is 1. The lowest BCUT2D eigenvalue weighted by atomic mass is 10.2. The predicted molar refractivity (Wildman–Crippen MR) is 119 cm³/mol. The van der Waals surface area contributed by atoms with E-state index in [1.54, 1.807) is 28.8 Å². The first-order valence-electron chi connectivity index (χ1n) is 10.0. The maximum Gasteiger partial charge on any atom is 0.242 e. The van der Waals surface area contributed by atoms with Crippen LogP contribution in [-0.4, -0.2) is 67.1 Å². The van der Waals surface area contributed by atoms with Crippen LogP contribution in [-0.2, 0) is 33.5 Å². The molecule has 1 amide bonds. The van der Waals surface area contributed by atoms with Gasteiger partial charge in [-0.2, -0.15) is 0 Å². The average molecular weight is 465 g/mol. The number of hydrogen-bond acceptors (Lipinski definition) is 5. The molecule has 0 saturated carbocycles. The van der Waals surface area contributed by atoms with Gasteiger partial charge >= 0.3 is 0 Å². The van der Waals surface area contributed by atoms with Crippen molar-refractivity contribution in [1.29, 1.82) is 0 Å². The third-order valence-electron chi connectivity index (χ3n) is 4.96. The number of carbonyl (C=O) groups is 1. The minimum atomic E-state index is -3.38. The van der Waals surface area contributed by atoms with Gasteiger partial charge in [0, 0.05) is 37.5 Å². The molecule has 0 aliphatic carbocycles. The van der Waals surface area contributed by atoms with E-state index in [1.165, 1.54) is 11.0 Å². The molecule has 0 aliphatic heterocycles. The van der Waals surface area contributed by atoms with Gasteiger partial charge in [0.25, 0.3) is 0 Å². The summed E-state index contributed by atoms with van der Waals surface area (Å²) in [5.41, 5.74) is 1.42. The Morgan fingerprint density at radius 1 is 1.09 bits per heavy atom. The Kier molecular flexibility index (Phi) is 7.25. The zero-order valence-electron chi connectivity index (χ0n) is 18.3. The van der Waals surface area contributed by atoms with E-state index in [-0.39, 0.29) is 36.1 Å². The third kappa shape index (κ3) is 6.10. The maximum atomic E-state index is 14.2. The fourth-order valence-corrected chi connectivity index (χ4v) is 4.04. The smallest absolute Gasteiger partial charge is 0.242 e. The van der Waals surface area contributed by atoms with Gasteiger partial charge in [0.1, 0.15) is 29.8 Å². The summed E-state index contributed by atoms with van der Waals surface area (Å²) in [6, 6.07) is 10.4. The molecule has 3 rings (SSSR count). The van der Waals surface area contributed by atoms with E-state index in [2.05, 4.69) is 4.98 Å². The molecule has 0 N–H and O–H groups in total. The first kappa shape index (κ1) is 23.8. The number of likely N-dealkylation sites (N-methyl/N-ethyl adjacent to an activating group) is 1. The standard InChI is InChI=1S/C22H26F2N4O3S/c1-26(2)10-11-27(13-16-8-9-17(23)12-18(16)24)22(29)14-28-20-7-5-4-6-19(20)25-21(28)15-32(3,30)31/h4-9,12H,10-11,13-15H2,1-3H3. The van der Waals surface area contributed by atoms with Crippen LogP contribution in [0.5, 0.6) is 0 Å². The molecule has 172 valence electrons. The Hall–Kier alpha value is -2.85. The van der Waals surface area contributed by atoms with E-state index in [0.717, 1.165) is 18.4 Å². The summed E-state index contributed by atoms with van der Waals surface area (Å²) in [6.45, 7) is 0.667. The van der Waals surface area contributed by atoms with Crippen LogP contribution in [0.15, 0.2) is 42.5 Å². The first-order chi connectivity index (χ1) is 15.0. The van der Waals surface area contributed by atoms with Crippen LogP contribution >= 0.6 is 0 Å². The van der Waals surface area contributed by atoms with Crippen molar-refractivity contribution in [2.75, 3.05) is 33.4 Å². The van der Waals surface area contributed by atoms with E-state index >= 15 is 0 Å². The van der Waals surface area contributed by atoms with E-state index in [0.29, 0.717) is 24.1 Å². The number of hydrogen-bond donors (Lipinski definition) is 0. The number of benzene rings is 2. The van der Waals surface area contributed by atoms with Crippen LogP contribution in [0.1, 0.15) is 11.4 Å². The van der Waals surface area contributed by atoms with Crippen molar-refractivity contribution in [3.05, 3.63) is 65.5 Å². The third-order valence-corrected chi connectivity index (χ3v) is 5.75. The number of aromatic nitrogens is 2. The summed E-state index contributed by atoms with van der Waals surface area (Å²) in [5, 5.41) is 0. The molecule has 0 bridgehead atoms. The Balaban J connectivity index is 1.93. The van der Waals surface area contributed by atoms with E-state index < -0.39 is 21.5 Å². The quantitative estimate of drug-likeness (QED) is 0.486. The number of sulfone groups is 1. The maximum absolute atomic E-state index is 14.2. The van der Waals surface area contributed by atoms with Crippen LogP contribution in [0.4, 0.5) is 8.78 Å². The lowest BCUT2D eigenvalue weighted by Gasteiger charge is -2.25. The van der Waals surface area contributed by atoms with Crippen molar-refractivity contribution < 1.29 is 22.0 Å². The second-order valence-electron chi connectivity index (χ2n) is 8.03. The molecule has 32 heavy (non-hydrogen) atoms. The van der Waals surface area contributed by atoms with Crippen molar-refractivity contribution in [2.24, 2.45) is 0 Å². The SMILES string of the molecule is CN(C)CCN(Cc1ccc(F)cc1F)C(=O)Cn1c(CS(C)(=O)=O)nc2ccccc21. The monoisotopic (exact) mass is 464 g/mol. The number of nitrogens with zero attached hydrogens (tertiary/aromatic N) is 4. The molecule has 7 nitrogen and oxygen atoms in total. The van der Waals surface area contributed by atoms with Crippen molar-refractivity contribution in [1.82, 2.24) is 19.4 Å². The molecule has 0 unspecified atom stereocenters. The second-order valence-corrected chi connectivity index (χ2v) is 10.2. The fourth-order valence-electron chi connectivity index (χ4n) is 3.35. The van der Waals surface area contributed by atoms with Crippen molar-refractivity contribution in [3.63, 3.8) is 0 Å². The Morgan fingerprint density at radius 3 is 2.47 bits per heavy atom. The van der Waals surface area contributed by atoms with Crippen LogP contribution < -0.4 is 0 Å². The van der Waals surface area contributed by atoms with Gasteiger partial charge in [0.15, 0.2) is 9.84 Å².